The molecule has 0 bridgehead atoms. The average Bonchev–Trinajstić information content (AvgIpc) is 3.61. The van der Waals surface area contributed by atoms with Gasteiger partial charge >= 0.3 is 11.7 Å². The first-order valence-corrected chi connectivity index (χ1v) is 12.9. The van der Waals surface area contributed by atoms with E-state index in [1.54, 1.807) is 22.8 Å². The van der Waals surface area contributed by atoms with Crippen molar-refractivity contribution in [3.8, 4) is 28.2 Å². The summed E-state index contributed by atoms with van der Waals surface area (Å²) in [5, 5.41) is 19.2. The number of hydrogen-bond donors (Lipinski definition) is 1. The molecule has 0 amide bonds. The van der Waals surface area contributed by atoms with Gasteiger partial charge in [0.15, 0.2) is 0 Å². The van der Waals surface area contributed by atoms with E-state index in [1.165, 1.54) is 11.8 Å². The molecular weight excluding hydrogens is 518 g/mol. The Bertz CT molecular complexity index is 1660. The van der Waals surface area contributed by atoms with Crippen LogP contribution in [0.25, 0.3) is 28.2 Å². The van der Waals surface area contributed by atoms with Gasteiger partial charge in [0.2, 0.25) is 5.82 Å². The third-order valence-electron chi connectivity index (χ3n) is 6.42. The number of unbranched alkanes of at least 4 members (excludes halogenated alkanes) is 1. The SMILES string of the molecule is CCCCc1nn(-c2c(Cl)cccc2C(=O)OC)c(=O)n1Cc1ccc(-c2ccccc2-c2nn[nH]n2)cc1. The summed E-state index contributed by atoms with van der Waals surface area (Å²) in [7, 11) is 1.28. The summed E-state index contributed by atoms with van der Waals surface area (Å²) in [4.78, 5) is 26.1. The molecule has 0 aliphatic heterocycles. The number of methoxy groups -OCH3 is 1. The van der Waals surface area contributed by atoms with E-state index in [9.17, 15) is 9.59 Å². The van der Waals surface area contributed by atoms with Crippen molar-refractivity contribution in [2.45, 2.75) is 32.7 Å². The molecule has 0 atom stereocenters. The van der Waals surface area contributed by atoms with Crippen molar-refractivity contribution in [2.75, 3.05) is 7.11 Å². The van der Waals surface area contributed by atoms with Crippen LogP contribution in [0.1, 0.15) is 41.5 Å². The average molecular weight is 544 g/mol. The lowest BCUT2D eigenvalue weighted by Crippen LogP contribution is -2.26. The van der Waals surface area contributed by atoms with E-state index in [2.05, 4.69) is 32.6 Å². The first-order chi connectivity index (χ1) is 19.0. The number of aryl methyl sites for hydroxylation is 1. The topological polar surface area (TPSA) is 121 Å². The van der Waals surface area contributed by atoms with Crippen LogP contribution in [0.2, 0.25) is 5.02 Å². The van der Waals surface area contributed by atoms with Gasteiger partial charge in [-0.3, -0.25) is 4.57 Å². The van der Waals surface area contributed by atoms with Gasteiger partial charge in [0, 0.05) is 12.0 Å². The number of nitrogens with zero attached hydrogens (tertiary/aromatic N) is 6. The van der Waals surface area contributed by atoms with E-state index in [0.29, 0.717) is 24.6 Å². The highest BCUT2D eigenvalue weighted by atomic mass is 35.5. The van der Waals surface area contributed by atoms with Crippen molar-refractivity contribution >= 4 is 17.6 Å². The number of para-hydroxylation sites is 1. The van der Waals surface area contributed by atoms with Crippen molar-refractivity contribution in [3.63, 3.8) is 0 Å². The molecule has 0 aliphatic carbocycles. The lowest BCUT2D eigenvalue weighted by Gasteiger charge is -2.09. The smallest absolute Gasteiger partial charge is 0.351 e. The highest BCUT2D eigenvalue weighted by Gasteiger charge is 2.22. The molecule has 10 nitrogen and oxygen atoms in total. The fraction of sp³-hybridized carbons (Fsp3) is 0.214. The van der Waals surface area contributed by atoms with E-state index < -0.39 is 5.97 Å². The Labute approximate surface area is 229 Å². The number of nitrogens with one attached hydrogen (secondary N) is 1. The van der Waals surface area contributed by atoms with Gasteiger partial charge in [0.05, 0.1) is 24.2 Å². The number of benzene rings is 3. The zero-order valence-electron chi connectivity index (χ0n) is 21.5. The van der Waals surface area contributed by atoms with Crippen LogP contribution in [0, 0.1) is 0 Å². The molecule has 3 aromatic carbocycles. The second kappa shape index (κ2) is 11.4. The maximum atomic E-state index is 13.7. The summed E-state index contributed by atoms with van der Waals surface area (Å²) < 4.78 is 7.74. The summed E-state index contributed by atoms with van der Waals surface area (Å²) in [6, 6.07) is 20.6. The minimum atomic E-state index is -0.597. The van der Waals surface area contributed by atoms with Crippen LogP contribution in [0.5, 0.6) is 0 Å². The molecule has 2 heterocycles. The molecule has 11 heteroatoms. The minimum Gasteiger partial charge on any atom is -0.465 e. The lowest BCUT2D eigenvalue weighted by molar-refractivity contribution is 0.0600. The molecule has 0 saturated carbocycles. The van der Waals surface area contributed by atoms with E-state index in [1.807, 2.05) is 48.5 Å². The monoisotopic (exact) mass is 543 g/mol. The van der Waals surface area contributed by atoms with Gasteiger partial charge in [0.25, 0.3) is 0 Å². The zero-order valence-corrected chi connectivity index (χ0v) is 22.2. The number of carbonyl (C=O) groups is 1. The molecule has 0 radical (unpaired) electrons. The summed E-state index contributed by atoms with van der Waals surface area (Å²) in [6.45, 7) is 2.39. The van der Waals surface area contributed by atoms with Crippen molar-refractivity contribution < 1.29 is 9.53 Å². The standard InChI is InChI=1S/C28H26ClN7O3/c1-3-4-12-24-32-36(25-22(27(37)39-2)10-7-11-23(25)29)28(38)35(24)17-18-13-15-19(16-14-18)20-8-5-6-9-21(20)26-30-33-34-31-26/h5-11,13-16H,3-4,12,17H2,1-2H3,(H,30,31,33,34). The molecule has 5 aromatic rings. The molecule has 0 fully saturated rings. The largest absolute Gasteiger partial charge is 0.465 e. The van der Waals surface area contributed by atoms with Crippen LogP contribution in [0.15, 0.2) is 71.5 Å². The fourth-order valence-corrected chi connectivity index (χ4v) is 4.70. The second-order valence-corrected chi connectivity index (χ2v) is 9.31. The molecule has 2 aromatic heterocycles. The number of aromatic amines is 1. The molecule has 39 heavy (non-hydrogen) atoms. The normalized spacial score (nSPS) is 11.1. The Morgan fingerprint density at radius 2 is 1.79 bits per heavy atom. The minimum absolute atomic E-state index is 0.170. The van der Waals surface area contributed by atoms with E-state index in [4.69, 9.17) is 16.3 Å². The van der Waals surface area contributed by atoms with Crippen LogP contribution in [0.4, 0.5) is 0 Å². The predicted molar refractivity (Wildman–Crippen MR) is 147 cm³/mol. The Hall–Kier alpha value is -4.57. The van der Waals surface area contributed by atoms with Crippen LogP contribution < -0.4 is 5.69 Å². The number of rotatable bonds is 9. The lowest BCUT2D eigenvalue weighted by atomic mass is 9.98. The number of aromatic nitrogens is 7. The summed E-state index contributed by atoms with van der Waals surface area (Å²) in [5.74, 6) is 0.532. The Kier molecular flexibility index (Phi) is 7.64. The number of carbonyl (C=O) groups excluding carboxylic acids is 1. The van der Waals surface area contributed by atoms with Gasteiger partial charge in [-0.1, -0.05) is 79.5 Å². The van der Waals surface area contributed by atoms with Crippen LogP contribution in [0.3, 0.4) is 0 Å². The van der Waals surface area contributed by atoms with Gasteiger partial charge in [-0.05, 0) is 40.5 Å². The van der Waals surface area contributed by atoms with Gasteiger partial charge in [-0.2, -0.15) is 9.90 Å². The van der Waals surface area contributed by atoms with Crippen LogP contribution in [-0.4, -0.2) is 48.1 Å². The van der Waals surface area contributed by atoms with Crippen molar-refractivity contribution in [3.05, 3.63) is 99.2 Å². The molecule has 0 unspecified atom stereocenters. The van der Waals surface area contributed by atoms with Crippen molar-refractivity contribution in [1.82, 2.24) is 35.0 Å². The first kappa shape index (κ1) is 26.1. The molecule has 198 valence electrons. The number of esters is 1. The van der Waals surface area contributed by atoms with Crippen LogP contribution >= 0.6 is 11.6 Å². The van der Waals surface area contributed by atoms with E-state index in [0.717, 1.165) is 35.1 Å². The number of H-pyrrole nitrogens is 1. The quantitative estimate of drug-likeness (QED) is 0.267. The number of halogens is 1. The van der Waals surface area contributed by atoms with Gasteiger partial charge in [-0.25, -0.2) is 9.59 Å². The zero-order chi connectivity index (χ0) is 27.4. The summed E-state index contributed by atoms with van der Waals surface area (Å²) in [5.41, 5.74) is 3.72. The molecular formula is C28H26ClN7O3. The van der Waals surface area contributed by atoms with E-state index >= 15 is 0 Å². The third kappa shape index (κ3) is 5.23. The highest BCUT2D eigenvalue weighted by molar-refractivity contribution is 6.33. The van der Waals surface area contributed by atoms with Crippen molar-refractivity contribution in [1.29, 1.82) is 0 Å². The number of hydrogen-bond acceptors (Lipinski definition) is 7. The maximum absolute atomic E-state index is 13.7. The molecule has 1 N–H and O–H groups in total. The Balaban J connectivity index is 1.52. The van der Waals surface area contributed by atoms with Gasteiger partial charge in [0.1, 0.15) is 11.5 Å². The molecule has 0 spiro atoms. The molecule has 5 rings (SSSR count). The summed E-state index contributed by atoms with van der Waals surface area (Å²) in [6.07, 6.45) is 2.40. The van der Waals surface area contributed by atoms with Crippen LogP contribution in [-0.2, 0) is 17.7 Å². The summed E-state index contributed by atoms with van der Waals surface area (Å²) >= 11 is 6.46. The van der Waals surface area contributed by atoms with Gasteiger partial charge < -0.3 is 4.74 Å². The van der Waals surface area contributed by atoms with Gasteiger partial charge in [-0.15, -0.1) is 15.3 Å². The number of tetrazole rings is 1. The third-order valence-corrected chi connectivity index (χ3v) is 6.72. The Morgan fingerprint density at radius 1 is 1.03 bits per heavy atom. The van der Waals surface area contributed by atoms with E-state index in [-0.39, 0.29) is 22.0 Å². The molecule has 0 saturated heterocycles. The second-order valence-electron chi connectivity index (χ2n) is 8.91. The predicted octanol–water partition coefficient (Wildman–Crippen LogP) is 4.71. The highest BCUT2D eigenvalue weighted by Crippen LogP contribution is 2.30. The fourth-order valence-electron chi connectivity index (χ4n) is 4.44. The molecule has 0 aliphatic rings. The number of ether oxygens (including phenoxy) is 1. The first-order valence-electron chi connectivity index (χ1n) is 12.5. The van der Waals surface area contributed by atoms with Crippen molar-refractivity contribution in [2.24, 2.45) is 0 Å². The maximum Gasteiger partial charge on any atom is 0.351 e. The Morgan fingerprint density at radius 3 is 2.49 bits per heavy atom.